The summed E-state index contributed by atoms with van der Waals surface area (Å²) in [5, 5.41) is 5.46. The number of nitrogens with zero attached hydrogens (tertiary/aromatic N) is 1. The molecule has 178 valence electrons. The van der Waals surface area contributed by atoms with Crippen LogP contribution in [0.3, 0.4) is 0 Å². The summed E-state index contributed by atoms with van der Waals surface area (Å²) in [6.07, 6.45) is 0. The van der Waals surface area contributed by atoms with Crippen LogP contribution in [-0.4, -0.2) is 31.9 Å². The number of imide groups is 1. The third-order valence-electron chi connectivity index (χ3n) is 5.38. The number of benzene rings is 3. The summed E-state index contributed by atoms with van der Waals surface area (Å²) in [5.74, 6) is -0.807. The van der Waals surface area contributed by atoms with Crippen LogP contribution >= 0.6 is 11.6 Å². The normalized spacial score (nSPS) is 13.2. The van der Waals surface area contributed by atoms with E-state index >= 15 is 0 Å². The minimum absolute atomic E-state index is 0.0774. The largest absolute Gasteiger partial charge is 0.497 e. The highest BCUT2D eigenvalue weighted by Gasteiger charge is 2.40. The molecule has 0 bridgehead atoms. The van der Waals surface area contributed by atoms with Crippen LogP contribution in [0.4, 0.5) is 17.1 Å². The lowest BCUT2D eigenvalue weighted by molar-refractivity contribution is -0.120. The van der Waals surface area contributed by atoms with Gasteiger partial charge in [0.05, 0.1) is 19.9 Å². The summed E-state index contributed by atoms with van der Waals surface area (Å²) in [6.45, 7) is 1.97. The number of nitrogens with one attached hydrogen (secondary N) is 2. The van der Waals surface area contributed by atoms with Crippen molar-refractivity contribution < 1.29 is 23.9 Å². The molecule has 0 fully saturated rings. The minimum atomic E-state index is -0.684. The van der Waals surface area contributed by atoms with Crippen LogP contribution in [0.2, 0.25) is 0 Å². The Balaban J connectivity index is 1.50. The lowest BCUT2D eigenvalue weighted by atomic mass is 10.1. The van der Waals surface area contributed by atoms with Gasteiger partial charge in [-0.1, -0.05) is 29.3 Å². The van der Waals surface area contributed by atoms with Gasteiger partial charge in [0.15, 0.2) is 0 Å². The van der Waals surface area contributed by atoms with Gasteiger partial charge in [-0.3, -0.25) is 14.4 Å². The Labute approximate surface area is 207 Å². The molecule has 0 atom stereocenters. The molecule has 1 aliphatic rings. The molecule has 0 saturated heterocycles. The molecule has 9 heteroatoms. The molecule has 8 nitrogen and oxygen atoms in total. The van der Waals surface area contributed by atoms with Gasteiger partial charge in [0, 0.05) is 23.0 Å². The summed E-state index contributed by atoms with van der Waals surface area (Å²) in [4.78, 5) is 39.4. The van der Waals surface area contributed by atoms with Gasteiger partial charge in [0.2, 0.25) is 0 Å². The second-order valence-electron chi connectivity index (χ2n) is 7.69. The fourth-order valence-electron chi connectivity index (χ4n) is 3.49. The van der Waals surface area contributed by atoms with Gasteiger partial charge < -0.3 is 20.1 Å². The number of anilines is 3. The van der Waals surface area contributed by atoms with Crippen LogP contribution in [0.1, 0.15) is 15.9 Å². The van der Waals surface area contributed by atoms with E-state index in [1.165, 1.54) is 14.2 Å². The highest BCUT2D eigenvalue weighted by molar-refractivity contribution is 6.53. The topological polar surface area (TPSA) is 97.0 Å². The minimum Gasteiger partial charge on any atom is -0.497 e. The number of amides is 3. The lowest BCUT2D eigenvalue weighted by Crippen LogP contribution is -2.32. The third-order valence-corrected chi connectivity index (χ3v) is 5.73. The van der Waals surface area contributed by atoms with Gasteiger partial charge in [0.25, 0.3) is 17.7 Å². The zero-order valence-electron chi connectivity index (χ0n) is 19.2. The molecular weight excluding hydrogens is 470 g/mol. The number of hydrogen-bond acceptors (Lipinski definition) is 6. The Morgan fingerprint density at radius 2 is 1.51 bits per heavy atom. The van der Waals surface area contributed by atoms with Gasteiger partial charge >= 0.3 is 0 Å². The first-order chi connectivity index (χ1) is 16.8. The number of halogens is 1. The van der Waals surface area contributed by atoms with Crippen molar-refractivity contribution in [3.05, 3.63) is 88.6 Å². The second-order valence-corrected chi connectivity index (χ2v) is 8.07. The van der Waals surface area contributed by atoms with E-state index in [0.717, 1.165) is 10.5 Å². The predicted octanol–water partition coefficient (Wildman–Crippen LogP) is 4.70. The fraction of sp³-hybridized carbons (Fsp3) is 0.115. The molecule has 1 heterocycles. The van der Waals surface area contributed by atoms with Crippen molar-refractivity contribution in [1.82, 2.24) is 0 Å². The molecular formula is C26H22ClN3O5. The van der Waals surface area contributed by atoms with Crippen LogP contribution in [0, 0.1) is 6.92 Å². The molecule has 3 aromatic carbocycles. The number of carbonyl (C=O) groups is 3. The van der Waals surface area contributed by atoms with Crippen molar-refractivity contribution >= 4 is 46.4 Å². The van der Waals surface area contributed by atoms with Crippen LogP contribution in [0.5, 0.6) is 11.5 Å². The number of ether oxygens (including phenoxy) is 2. The van der Waals surface area contributed by atoms with Gasteiger partial charge in [-0.15, -0.1) is 0 Å². The SMILES string of the molecule is COc1ccc(N2C(=O)C(Cl)=C(Nc3ccc(C(=O)Nc4ccc(C)cc4)cc3)C2=O)c(OC)c1. The average molecular weight is 492 g/mol. The molecule has 3 aromatic rings. The van der Waals surface area contributed by atoms with Crippen LogP contribution in [0.15, 0.2) is 77.5 Å². The molecule has 2 N–H and O–H groups in total. The smallest absolute Gasteiger partial charge is 0.283 e. The van der Waals surface area contributed by atoms with Crippen molar-refractivity contribution in [3.8, 4) is 11.5 Å². The van der Waals surface area contributed by atoms with Crippen molar-refractivity contribution in [1.29, 1.82) is 0 Å². The van der Waals surface area contributed by atoms with E-state index in [0.29, 0.717) is 22.7 Å². The first-order valence-corrected chi connectivity index (χ1v) is 11.0. The zero-order valence-corrected chi connectivity index (χ0v) is 20.0. The van der Waals surface area contributed by atoms with Gasteiger partial charge in [0.1, 0.15) is 22.2 Å². The van der Waals surface area contributed by atoms with E-state index in [9.17, 15) is 14.4 Å². The molecule has 1 aliphatic heterocycles. The highest BCUT2D eigenvalue weighted by atomic mass is 35.5. The number of methoxy groups -OCH3 is 2. The standard InChI is InChI=1S/C26H22ClN3O5/c1-15-4-8-18(9-5-15)29-24(31)16-6-10-17(11-7-16)28-23-22(27)25(32)30(26(23)33)20-13-12-19(34-2)14-21(20)35-3/h4-14,28H,1-3H3,(H,29,31). The summed E-state index contributed by atoms with van der Waals surface area (Å²) >= 11 is 6.23. The molecule has 4 rings (SSSR count). The van der Waals surface area contributed by atoms with Crippen molar-refractivity contribution in [3.63, 3.8) is 0 Å². The Hall–Kier alpha value is -4.30. The van der Waals surface area contributed by atoms with Crippen molar-refractivity contribution in [2.45, 2.75) is 6.92 Å². The van der Waals surface area contributed by atoms with Gasteiger partial charge in [-0.05, 0) is 55.5 Å². The van der Waals surface area contributed by atoms with Crippen LogP contribution < -0.4 is 25.0 Å². The number of aryl methyl sites for hydroxylation is 1. The summed E-state index contributed by atoms with van der Waals surface area (Å²) < 4.78 is 10.5. The fourth-order valence-corrected chi connectivity index (χ4v) is 3.70. The Kier molecular flexibility index (Phi) is 6.75. The van der Waals surface area contributed by atoms with E-state index < -0.39 is 11.8 Å². The molecule has 3 amide bonds. The summed E-state index contributed by atoms with van der Waals surface area (Å²) in [5.41, 5.74) is 2.84. The molecule has 0 radical (unpaired) electrons. The maximum absolute atomic E-state index is 13.1. The zero-order chi connectivity index (χ0) is 25.1. The summed E-state index contributed by atoms with van der Waals surface area (Å²) in [7, 11) is 2.92. The van der Waals surface area contributed by atoms with Gasteiger partial charge in [-0.2, -0.15) is 0 Å². The van der Waals surface area contributed by atoms with E-state index in [2.05, 4.69) is 10.6 Å². The Morgan fingerprint density at radius 3 is 2.14 bits per heavy atom. The average Bonchev–Trinajstić information content (AvgIpc) is 3.08. The summed E-state index contributed by atoms with van der Waals surface area (Å²) in [6, 6.07) is 18.6. The maximum Gasteiger partial charge on any atom is 0.283 e. The number of hydrogen-bond donors (Lipinski definition) is 2. The molecule has 0 unspecified atom stereocenters. The van der Waals surface area contributed by atoms with Crippen LogP contribution in [0.25, 0.3) is 0 Å². The van der Waals surface area contributed by atoms with E-state index in [4.69, 9.17) is 21.1 Å². The lowest BCUT2D eigenvalue weighted by Gasteiger charge is -2.18. The van der Waals surface area contributed by atoms with Crippen molar-refractivity contribution in [2.75, 3.05) is 29.8 Å². The van der Waals surface area contributed by atoms with E-state index in [1.807, 2.05) is 31.2 Å². The maximum atomic E-state index is 13.1. The quantitative estimate of drug-likeness (QED) is 0.465. The monoisotopic (exact) mass is 491 g/mol. The molecule has 0 spiro atoms. The van der Waals surface area contributed by atoms with Gasteiger partial charge in [-0.25, -0.2) is 4.90 Å². The van der Waals surface area contributed by atoms with E-state index in [1.54, 1.807) is 42.5 Å². The van der Waals surface area contributed by atoms with E-state index in [-0.39, 0.29) is 28.1 Å². The highest BCUT2D eigenvalue weighted by Crippen LogP contribution is 2.37. The second kappa shape index (κ2) is 9.90. The molecule has 35 heavy (non-hydrogen) atoms. The molecule has 0 aliphatic carbocycles. The Morgan fingerprint density at radius 1 is 0.857 bits per heavy atom. The molecule has 0 aromatic heterocycles. The van der Waals surface area contributed by atoms with Crippen LogP contribution in [-0.2, 0) is 9.59 Å². The van der Waals surface area contributed by atoms with Crippen molar-refractivity contribution in [2.24, 2.45) is 0 Å². The molecule has 0 saturated carbocycles. The Bertz CT molecular complexity index is 1330. The third kappa shape index (κ3) is 4.83. The predicted molar refractivity (Wildman–Crippen MR) is 134 cm³/mol. The number of rotatable bonds is 7. The first-order valence-electron chi connectivity index (χ1n) is 10.6. The first kappa shape index (κ1) is 23.8. The number of carbonyl (C=O) groups excluding carboxylic acids is 3.